The molecule has 2 fully saturated rings. The van der Waals surface area contributed by atoms with Crippen molar-refractivity contribution in [2.24, 2.45) is 11.8 Å². The summed E-state index contributed by atoms with van der Waals surface area (Å²) in [7, 11) is 0. The highest BCUT2D eigenvalue weighted by Crippen LogP contribution is 2.32. The van der Waals surface area contributed by atoms with Crippen molar-refractivity contribution in [1.29, 1.82) is 0 Å². The summed E-state index contributed by atoms with van der Waals surface area (Å²) >= 11 is 0. The van der Waals surface area contributed by atoms with E-state index in [2.05, 4.69) is 12.2 Å². The number of amides is 2. The van der Waals surface area contributed by atoms with Crippen LogP contribution in [-0.2, 0) is 4.79 Å². The first-order valence-electron chi connectivity index (χ1n) is 6.36. The van der Waals surface area contributed by atoms with Gasteiger partial charge in [0.15, 0.2) is 0 Å². The second kappa shape index (κ2) is 4.94. The largest absolute Gasteiger partial charge is 0.480 e. The van der Waals surface area contributed by atoms with Crippen LogP contribution in [0.5, 0.6) is 0 Å². The van der Waals surface area contributed by atoms with Crippen LogP contribution in [0, 0.1) is 11.8 Å². The fourth-order valence-electron chi connectivity index (χ4n) is 2.25. The van der Waals surface area contributed by atoms with Crippen molar-refractivity contribution in [3.63, 3.8) is 0 Å². The first kappa shape index (κ1) is 12.2. The zero-order valence-electron chi connectivity index (χ0n) is 10.2. The lowest BCUT2D eigenvalue weighted by Gasteiger charge is -2.31. The van der Waals surface area contributed by atoms with E-state index in [1.54, 1.807) is 4.90 Å². The molecule has 0 aromatic carbocycles. The second-order valence-corrected chi connectivity index (χ2v) is 5.27. The Morgan fingerprint density at radius 3 is 2.29 bits per heavy atom. The summed E-state index contributed by atoms with van der Waals surface area (Å²) < 4.78 is 0. The molecule has 1 aliphatic heterocycles. The fourth-order valence-corrected chi connectivity index (χ4v) is 2.25. The molecule has 1 atom stereocenters. The second-order valence-electron chi connectivity index (χ2n) is 5.27. The van der Waals surface area contributed by atoms with Crippen molar-refractivity contribution in [2.75, 3.05) is 13.1 Å². The number of aliphatic carboxylic acids is 1. The molecule has 17 heavy (non-hydrogen) atoms. The van der Waals surface area contributed by atoms with E-state index in [1.807, 2.05) is 0 Å². The van der Waals surface area contributed by atoms with E-state index in [9.17, 15) is 9.59 Å². The molecule has 5 heteroatoms. The Labute approximate surface area is 101 Å². The number of likely N-dealkylation sites (tertiary alicyclic amines) is 1. The molecule has 1 heterocycles. The average molecular weight is 240 g/mol. The maximum Gasteiger partial charge on any atom is 0.326 e. The van der Waals surface area contributed by atoms with Crippen LogP contribution in [0.2, 0.25) is 0 Å². The lowest BCUT2D eigenvalue weighted by Crippen LogP contribution is -2.50. The molecule has 0 aromatic rings. The highest BCUT2D eigenvalue weighted by atomic mass is 16.4. The van der Waals surface area contributed by atoms with Crippen LogP contribution in [-0.4, -0.2) is 41.1 Å². The van der Waals surface area contributed by atoms with Gasteiger partial charge in [0.1, 0.15) is 6.04 Å². The van der Waals surface area contributed by atoms with Crippen LogP contribution < -0.4 is 5.32 Å². The highest BCUT2D eigenvalue weighted by molar-refractivity contribution is 5.83. The molecule has 0 spiro atoms. The molecule has 0 radical (unpaired) electrons. The van der Waals surface area contributed by atoms with Gasteiger partial charge in [0.25, 0.3) is 0 Å². The van der Waals surface area contributed by atoms with Crippen LogP contribution >= 0.6 is 0 Å². The lowest BCUT2D eigenvalue weighted by molar-refractivity contribution is -0.139. The van der Waals surface area contributed by atoms with Crippen molar-refractivity contribution in [2.45, 2.75) is 38.6 Å². The van der Waals surface area contributed by atoms with Gasteiger partial charge in [0.2, 0.25) is 0 Å². The molecule has 2 N–H and O–H groups in total. The van der Waals surface area contributed by atoms with E-state index in [0.717, 1.165) is 38.8 Å². The Bertz CT molecular complexity index is 307. The van der Waals surface area contributed by atoms with Crippen molar-refractivity contribution in [1.82, 2.24) is 10.2 Å². The summed E-state index contributed by atoms with van der Waals surface area (Å²) in [6.45, 7) is 3.66. The van der Waals surface area contributed by atoms with Gasteiger partial charge in [0.05, 0.1) is 0 Å². The van der Waals surface area contributed by atoms with Crippen molar-refractivity contribution in [3.05, 3.63) is 0 Å². The van der Waals surface area contributed by atoms with Crippen molar-refractivity contribution < 1.29 is 14.7 Å². The minimum absolute atomic E-state index is 0.139. The van der Waals surface area contributed by atoms with Gasteiger partial charge in [-0.2, -0.15) is 0 Å². The summed E-state index contributed by atoms with van der Waals surface area (Å²) in [5.41, 5.74) is 0. The van der Waals surface area contributed by atoms with Crippen molar-refractivity contribution >= 4 is 12.0 Å². The minimum Gasteiger partial charge on any atom is -0.480 e. The summed E-state index contributed by atoms with van der Waals surface area (Å²) in [6, 6.07) is -0.905. The average Bonchev–Trinajstić information content (AvgIpc) is 3.10. The summed E-state index contributed by atoms with van der Waals surface area (Å²) in [6.07, 6.45) is 3.84. The van der Waals surface area contributed by atoms with E-state index in [0.29, 0.717) is 5.92 Å². The highest BCUT2D eigenvalue weighted by Gasteiger charge is 2.38. The van der Waals surface area contributed by atoms with Gasteiger partial charge in [-0.1, -0.05) is 6.92 Å². The smallest absolute Gasteiger partial charge is 0.326 e. The fraction of sp³-hybridized carbons (Fsp3) is 0.833. The van der Waals surface area contributed by atoms with E-state index in [1.165, 1.54) is 0 Å². The molecule has 5 nitrogen and oxygen atoms in total. The van der Waals surface area contributed by atoms with E-state index in [4.69, 9.17) is 5.11 Å². The summed E-state index contributed by atoms with van der Waals surface area (Å²) in [5.74, 6) is -0.107. The number of rotatable bonds is 3. The standard InChI is InChI=1S/C12H20N2O3/c1-8-4-6-14(7-5-8)12(17)13-10(11(15)16)9-2-3-9/h8-10H,2-7H2,1H3,(H,13,17)(H,15,16). The maximum absolute atomic E-state index is 11.9. The monoisotopic (exact) mass is 240 g/mol. The predicted octanol–water partition coefficient (Wildman–Crippen LogP) is 1.29. The number of carboxylic acids is 1. The summed E-state index contributed by atoms with van der Waals surface area (Å²) in [4.78, 5) is 24.7. The Kier molecular flexibility index (Phi) is 3.54. The molecule has 0 bridgehead atoms. The van der Waals surface area contributed by atoms with Gasteiger partial charge in [0, 0.05) is 13.1 Å². The molecule has 1 aliphatic carbocycles. The maximum atomic E-state index is 11.9. The molecular formula is C12H20N2O3. The molecule has 2 amide bonds. The number of urea groups is 1. The Balaban J connectivity index is 1.85. The number of hydrogen-bond acceptors (Lipinski definition) is 2. The molecule has 1 saturated carbocycles. The quantitative estimate of drug-likeness (QED) is 0.781. The van der Waals surface area contributed by atoms with Crippen LogP contribution in [0.3, 0.4) is 0 Å². The minimum atomic E-state index is -0.911. The van der Waals surface area contributed by atoms with Crippen molar-refractivity contribution in [3.8, 4) is 0 Å². The molecule has 2 rings (SSSR count). The first-order chi connectivity index (χ1) is 8.08. The number of carbonyl (C=O) groups is 2. The molecule has 2 aliphatic rings. The number of hydrogen-bond donors (Lipinski definition) is 2. The SMILES string of the molecule is CC1CCN(C(=O)NC(C(=O)O)C2CC2)CC1. The van der Waals surface area contributed by atoms with E-state index >= 15 is 0 Å². The van der Waals surface area contributed by atoms with Gasteiger partial charge in [-0.05, 0) is 37.5 Å². The molecule has 0 aromatic heterocycles. The van der Waals surface area contributed by atoms with Crippen LogP contribution in [0.1, 0.15) is 32.6 Å². The lowest BCUT2D eigenvalue weighted by atomic mass is 9.99. The van der Waals surface area contributed by atoms with E-state index in [-0.39, 0.29) is 11.9 Å². The number of piperidine rings is 1. The van der Waals surface area contributed by atoms with Gasteiger partial charge < -0.3 is 15.3 Å². The Hall–Kier alpha value is -1.26. The third-order valence-electron chi connectivity index (χ3n) is 3.71. The van der Waals surface area contributed by atoms with Crippen LogP contribution in [0.4, 0.5) is 4.79 Å². The van der Waals surface area contributed by atoms with E-state index < -0.39 is 12.0 Å². The van der Waals surface area contributed by atoms with Gasteiger partial charge >= 0.3 is 12.0 Å². The molecule has 1 saturated heterocycles. The molecule has 1 unspecified atom stereocenters. The first-order valence-corrected chi connectivity index (χ1v) is 6.36. The molecule has 96 valence electrons. The van der Waals surface area contributed by atoms with Gasteiger partial charge in [-0.15, -0.1) is 0 Å². The summed E-state index contributed by atoms with van der Waals surface area (Å²) in [5, 5.41) is 11.7. The van der Waals surface area contributed by atoms with Gasteiger partial charge in [-0.3, -0.25) is 0 Å². The number of carboxylic acid groups (broad SMARTS) is 1. The number of carbonyl (C=O) groups excluding carboxylic acids is 1. The Morgan fingerprint density at radius 2 is 1.82 bits per heavy atom. The Morgan fingerprint density at radius 1 is 1.24 bits per heavy atom. The normalized spacial score (nSPS) is 23.2. The zero-order chi connectivity index (χ0) is 12.4. The topological polar surface area (TPSA) is 69.6 Å². The predicted molar refractivity (Wildman–Crippen MR) is 62.7 cm³/mol. The third-order valence-corrected chi connectivity index (χ3v) is 3.71. The molecular weight excluding hydrogens is 220 g/mol. The van der Waals surface area contributed by atoms with Gasteiger partial charge in [-0.25, -0.2) is 9.59 Å². The number of nitrogens with zero attached hydrogens (tertiary/aromatic N) is 1. The zero-order valence-corrected chi connectivity index (χ0v) is 10.2. The van der Waals surface area contributed by atoms with Crippen LogP contribution in [0.15, 0.2) is 0 Å². The van der Waals surface area contributed by atoms with Crippen LogP contribution in [0.25, 0.3) is 0 Å². The number of nitrogens with one attached hydrogen (secondary N) is 1. The third kappa shape index (κ3) is 3.11.